The summed E-state index contributed by atoms with van der Waals surface area (Å²) in [5.41, 5.74) is 0.607. The molecule has 0 aliphatic carbocycles. The van der Waals surface area contributed by atoms with Gasteiger partial charge in [0.1, 0.15) is 0 Å². The van der Waals surface area contributed by atoms with E-state index in [0.717, 1.165) is 11.8 Å². The molecule has 0 atom stereocenters. The Bertz CT molecular complexity index is 583. The molecule has 0 saturated heterocycles. The maximum Gasteiger partial charge on any atom is 0.313 e. The number of aliphatic carboxylic acids is 1. The standard InChI is InChI=1S/C12H15N3O3S/c1-8(2)6-18-9-4-3-5-15-11(9)13-14-12(15)19-7-10(16)17/h3-5,8H,6-7H2,1-2H3,(H,16,17). The molecular weight excluding hydrogens is 266 g/mol. The fourth-order valence-electron chi connectivity index (χ4n) is 1.46. The number of carbonyl (C=O) groups is 1. The van der Waals surface area contributed by atoms with Crippen molar-refractivity contribution in [2.24, 2.45) is 5.92 Å². The zero-order valence-electron chi connectivity index (χ0n) is 10.7. The summed E-state index contributed by atoms with van der Waals surface area (Å²) in [5.74, 6) is 0.154. The molecule has 0 aliphatic heterocycles. The normalized spacial score (nSPS) is 11.1. The Labute approximate surface area is 114 Å². The summed E-state index contributed by atoms with van der Waals surface area (Å²) in [4.78, 5) is 10.6. The predicted molar refractivity (Wildman–Crippen MR) is 71.7 cm³/mol. The molecule has 0 amide bonds. The van der Waals surface area contributed by atoms with Crippen LogP contribution in [-0.4, -0.2) is 38.0 Å². The van der Waals surface area contributed by atoms with Crippen LogP contribution in [0.15, 0.2) is 23.5 Å². The molecule has 0 aromatic carbocycles. The van der Waals surface area contributed by atoms with E-state index in [0.29, 0.717) is 29.1 Å². The van der Waals surface area contributed by atoms with Crippen LogP contribution in [-0.2, 0) is 4.79 Å². The number of rotatable bonds is 6. The van der Waals surface area contributed by atoms with Crippen molar-refractivity contribution in [3.05, 3.63) is 18.3 Å². The average molecular weight is 281 g/mol. The lowest BCUT2D eigenvalue weighted by atomic mass is 10.2. The zero-order valence-corrected chi connectivity index (χ0v) is 11.6. The first-order valence-corrected chi connectivity index (χ1v) is 6.87. The number of carboxylic acid groups (broad SMARTS) is 1. The van der Waals surface area contributed by atoms with Gasteiger partial charge in [-0.05, 0) is 18.1 Å². The van der Waals surface area contributed by atoms with Crippen LogP contribution in [0.3, 0.4) is 0 Å². The predicted octanol–water partition coefficient (Wildman–Crippen LogP) is 1.94. The number of fused-ring (bicyclic) bond motifs is 1. The fraction of sp³-hybridized carbons (Fsp3) is 0.417. The Hall–Kier alpha value is -1.76. The third-order valence-corrected chi connectivity index (χ3v) is 3.19. The van der Waals surface area contributed by atoms with Gasteiger partial charge in [0.2, 0.25) is 5.65 Å². The second-order valence-electron chi connectivity index (χ2n) is 4.44. The van der Waals surface area contributed by atoms with E-state index in [9.17, 15) is 4.79 Å². The topological polar surface area (TPSA) is 76.7 Å². The Kier molecular flexibility index (Phi) is 4.26. The maximum atomic E-state index is 10.6. The molecule has 19 heavy (non-hydrogen) atoms. The van der Waals surface area contributed by atoms with E-state index in [1.165, 1.54) is 0 Å². The SMILES string of the molecule is CC(C)COc1cccn2c(SCC(=O)O)nnc12. The van der Waals surface area contributed by atoms with E-state index >= 15 is 0 Å². The van der Waals surface area contributed by atoms with Crippen LogP contribution in [0.25, 0.3) is 5.65 Å². The van der Waals surface area contributed by atoms with E-state index in [2.05, 4.69) is 24.0 Å². The summed E-state index contributed by atoms with van der Waals surface area (Å²) in [6.45, 7) is 4.74. The second-order valence-corrected chi connectivity index (χ2v) is 5.38. The van der Waals surface area contributed by atoms with Gasteiger partial charge in [0.05, 0.1) is 12.4 Å². The third kappa shape index (κ3) is 3.37. The van der Waals surface area contributed by atoms with E-state index in [4.69, 9.17) is 9.84 Å². The second kappa shape index (κ2) is 5.92. The summed E-state index contributed by atoms with van der Waals surface area (Å²) in [7, 11) is 0. The van der Waals surface area contributed by atoms with Crippen molar-refractivity contribution in [1.29, 1.82) is 0 Å². The highest BCUT2D eigenvalue weighted by Gasteiger charge is 2.12. The average Bonchev–Trinajstić information content (AvgIpc) is 2.77. The minimum absolute atomic E-state index is 0.0438. The number of hydrogen-bond acceptors (Lipinski definition) is 5. The highest BCUT2D eigenvalue weighted by Crippen LogP contribution is 2.23. The molecule has 7 heteroatoms. The molecule has 0 radical (unpaired) electrons. The molecule has 0 fully saturated rings. The Balaban J connectivity index is 2.23. The molecular formula is C12H15N3O3S. The van der Waals surface area contributed by atoms with Gasteiger partial charge in [-0.15, -0.1) is 10.2 Å². The quantitative estimate of drug-likeness (QED) is 0.815. The molecule has 2 rings (SSSR count). The van der Waals surface area contributed by atoms with Crippen molar-refractivity contribution >= 4 is 23.4 Å². The monoisotopic (exact) mass is 281 g/mol. The lowest BCUT2D eigenvalue weighted by molar-refractivity contribution is -0.133. The van der Waals surface area contributed by atoms with Gasteiger partial charge in [0, 0.05) is 6.20 Å². The van der Waals surface area contributed by atoms with Crippen LogP contribution in [0.5, 0.6) is 5.75 Å². The van der Waals surface area contributed by atoms with Crippen LogP contribution in [0, 0.1) is 5.92 Å². The third-order valence-electron chi connectivity index (χ3n) is 2.26. The van der Waals surface area contributed by atoms with Crippen LogP contribution in [0.1, 0.15) is 13.8 Å². The van der Waals surface area contributed by atoms with Crippen molar-refractivity contribution in [2.45, 2.75) is 19.0 Å². The first kappa shape index (κ1) is 13.7. The molecule has 102 valence electrons. The van der Waals surface area contributed by atoms with Gasteiger partial charge in [-0.3, -0.25) is 9.20 Å². The highest BCUT2D eigenvalue weighted by molar-refractivity contribution is 7.99. The maximum absolute atomic E-state index is 10.6. The minimum Gasteiger partial charge on any atom is -0.489 e. The Morgan fingerprint density at radius 2 is 2.32 bits per heavy atom. The van der Waals surface area contributed by atoms with E-state index in [1.54, 1.807) is 10.6 Å². The summed E-state index contributed by atoms with van der Waals surface area (Å²) in [6, 6.07) is 3.66. The smallest absolute Gasteiger partial charge is 0.313 e. The first-order chi connectivity index (χ1) is 9.08. The minimum atomic E-state index is -0.881. The van der Waals surface area contributed by atoms with Gasteiger partial charge >= 0.3 is 5.97 Å². The molecule has 0 bridgehead atoms. The number of aromatic nitrogens is 3. The lowest BCUT2D eigenvalue weighted by Gasteiger charge is -2.09. The molecule has 2 aromatic rings. The molecule has 0 saturated carbocycles. The Morgan fingerprint density at radius 1 is 1.53 bits per heavy atom. The van der Waals surface area contributed by atoms with Gasteiger partial charge < -0.3 is 9.84 Å². The van der Waals surface area contributed by atoms with Crippen LogP contribution >= 0.6 is 11.8 Å². The van der Waals surface area contributed by atoms with E-state index < -0.39 is 5.97 Å². The molecule has 6 nitrogen and oxygen atoms in total. The number of ether oxygens (including phenoxy) is 1. The number of thioether (sulfide) groups is 1. The van der Waals surface area contributed by atoms with Crippen LogP contribution in [0.4, 0.5) is 0 Å². The number of carboxylic acids is 1. The number of hydrogen-bond donors (Lipinski definition) is 1. The lowest BCUT2D eigenvalue weighted by Crippen LogP contribution is -2.05. The summed E-state index contributed by atoms with van der Waals surface area (Å²) in [5, 5.41) is 17.3. The summed E-state index contributed by atoms with van der Waals surface area (Å²) < 4.78 is 7.41. The van der Waals surface area contributed by atoms with Crippen LogP contribution in [0.2, 0.25) is 0 Å². The van der Waals surface area contributed by atoms with Gasteiger partial charge in [-0.1, -0.05) is 25.6 Å². The van der Waals surface area contributed by atoms with Crippen molar-refractivity contribution in [3.63, 3.8) is 0 Å². The van der Waals surface area contributed by atoms with Crippen molar-refractivity contribution in [3.8, 4) is 5.75 Å². The van der Waals surface area contributed by atoms with Gasteiger partial charge in [0.15, 0.2) is 10.9 Å². The van der Waals surface area contributed by atoms with Crippen molar-refractivity contribution < 1.29 is 14.6 Å². The largest absolute Gasteiger partial charge is 0.489 e. The molecule has 0 spiro atoms. The molecule has 0 aliphatic rings. The zero-order chi connectivity index (χ0) is 13.8. The number of nitrogens with zero attached hydrogens (tertiary/aromatic N) is 3. The first-order valence-electron chi connectivity index (χ1n) is 5.89. The molecule has 2 aromatic heterocycles. The Morgan fingerprint density at radius 3 is 3.00 bits per heavy atom. The van der Waals surface area contributed by atoms with Crippen LogP contribution < -0.4 is 4.74 Å². The van der Waals surface area contributed by atoms with Gasteiger partial charge in [0.25, 0.3) is 0 Å². The highest BCUT2D eigenvalue weighted by atomic mass is 32.2. The summed E-state index contributed by atoms with van der Waals surface area (Å²) in [6.07, 6.45) is 1.79. The van der Waals surface area contributed by atoms with E-state index in [-0.39, 0.29) is 5.75 Å². The van der Waals surface area contributed by atoms with Gasteiger partial charge in [-0.2, -0.15) is 0 Å². The summed E-state index contributed by atoms with van der Waals surface area (Å²) >= 11 is 1.13. The van der Waals surface area contributed by atoms with Crippen molar-refractivity contribution in [1.82, 2.24) is 14.6 Å². The van der Waals surface area contributed by atoms with E-state index in [1.807, 2.05) is 12.1 Å². The molecule has 1 N–H and O–H groups in total. The molecule has 0 unspecified atom stereocenters. The fourth-order valence-corrected chi connectivity index (χ4v) is 2.10. The van der Waals surface area contributed by atoms with Gasteiger partial charge in [-0.25, -0.2) is 0 Å². The number of pyridine rings is 1. The van der Waals surface area contributed by atoms with Crippen molar-refractivity contribution in [2.75, 3.05) is 12.4 Å². The molecule has 2 heterocycles.